The average Bonchev–Trinajstić information content (AvgIpc) is 2.42. The van der Waals surface area contributed by atoms with Crippen molar-refractivity contribution in [2.45, 2.75) is 18.9 Å². The second-order valence-electron chi connectivity index (χ2n) is 4.78. The molecule has 19 heavy (non-hydrogen) atoms. The number of nitrogens with one attached hydrogen (secondary N) is 1. The lowest BCUT2D eigenvalue weighted by Gasteiger charge is -2.31. The molecule has 1 fully saturated rings. The van der Waals surface area contributed by atoms with Gasteiger partial charge in [0.1, 0.15) is 0 Å². The van der Waals surface area contributed by atoms with Gasteiger partial charge in [-0.2, -0.15) is 0 Å². The number of hydrogen-bond donors (Lipinski definition) is 2. The average molecular weight is 258 g/mol. The highest BCUT2D eigenvalue weighted by Crippen LogP contribution is 2.17. The number of carbonyl (C=O) groups is 1. The Morgan fingerprint density at radius 2 is 2.21 bits per heavy atom. The fourth-order valence-electron chi connectivity index (χ4n) is 2.34. The molecule has 0 spiro atoms. The lowest BCUT2D eigenvalue weighted by atomic mass is 10.0. The highest BCUT2D eigenvalue weighted by molar-refractivity contribution is 5.88. The lowest BCUT2D eigenvalue weighted by Crippen LogP contribution is -2.39. The van der Waals surface area contributed by atoms with Crippen LogP contribution in [0.25, 0.3) is 0 Å². The van der Waals surface area contributed by atoms with Crippen molar-refractivity contribution in [3.63, 3.8) is 0 Å². The summed E-state index contributed by atoms with van der Waals surface area (Å²) in [4.78, 5) is 13.2. The Balaban J connectivity index is 1.90. The molecule has 0 bridgehead atoms. The number of carboxylic acid groups (broad SMARTS) is 1. The molecule has 1 saturated heterocycles. The molecule has 0 radical (unpaired) electrons. The van der Waals surface area contributed by atoms with Crippen LogP contribution in [0.3, 0.4) is 0 Å². The fraction of sp³-hybridized carbons (Fsp3) is 0.400. The monoisotopic (exact) mass is 258 g/mol. The lowest BCUT2D eigenvalue weighted by molar-refractivity contribution is 0.0697. The van der Waals surface area contributed by atoms with E-state index >= 15 is 0 Å². The molecular formula is C15H18N2O2. The van der Waals surface area contributed by atoms with Crippen molar-refractivity contribution in [3.05, 3.63) is 29.8 Å². The van der Waals surface area contributed by atoms with E-state index in [0.717, 1.165) is 31.6 Å². The minimum absolute atomic E-state index is 0.315. The Morgan fingerprint density at radius 3 is 2.84 bits per heavy atom. The zero-order valence-corrected chi connectivity index (χ0v) is 10.8. The summed E-state index contributed by atoms with van der Waals surface area (Å²) in [5.41, 5.74) is 1.19. The SMILES string of the molecule is C#CCN1CCC(Nc2cccc(C(=O)O)c2)CC1. The topological polar surface area (TPSA) is 52.6 Å². The Labute approximate surface area is 113 Å². The van der Waals surface area contributed by atoms with Gasteiger partial charge in [0, 0.05) is 24.8 Å². The molecule has 0 aromatic heterocycles. The molecule has 1 aliphatic rings. The van der Waals surface area contributed by atoms with Gasteiger partial charge in [-0.3, -0.25) is 4.90 Å². The second kappa shape index (κ2) is 6.26. The number of rotatable bonds is 4. The first-order valence-electron chi connectivity index (χ1n) is 6.45. The Bertz CT molecular complexity index is 485. The molecule has 100 valence electrons. The molecule has 0 aliphatic carbocycles. The molecule has 1 aliphatic heterocycles. The van der Waals surface area contributed by atoms with Crippen molar-refractivity contribution in [1.29, 1.82) is 0 Å². The van der Waals surface area contributed by atoms with Crippen molar-refractivity contribution in [2.75, 3.05) is 25.0 Å². The number of carboxylic acids is 1. The largest absolute Gasteiger partial charge is 0.478 e. The quantitative estimate of drug-likeness (QED) is 0.810. The van der Waals surface area contributed by atoms with Crippen LogP contribution >= 0.6 is 0 Å². The predicted octanol–water partition coefficient (Wildman–Crippen LogP) is 1.89. The predicted molar refractivity (Wildman–Crippen MR) is 75.3 cm³/mol. The summed E-state index contributed by atoms with van der Waals surface area (Å²) in [7, 11) is 0. The maximum absolute atomic E-state index is 10.9. The van der Waals surface area contributed by atoms with Crippen molar-refractivity contribution in [1.82, 2.24) is 4.90 Å². The molecule has 2 N–H and O–H groups in total. The first-order valence-corrected chi connectivity index (χ1v) is 6.45. The van der Waals surface area contributed by atoms with Gasteiger partial charge in [0.25, 0.3) is 0 Å². The number of aromatic carboxylic acids is 1. The van der Waals surface area contributed by atoms with E-state index in [4.69, 9.17) is 11.5 Å². The number of benzene rings is 1. The molecule has 0 atom stereocenters. The van der Waals surface area contributed by atoms with E-state index in [2.05, 4.69) is 16.1 Å². The third kappa shape index (κ3) is 3.73. The summed E-state index contributed by atoms with van der Waals surface area (Å²) in [5.74, 6) is 1.77. The van der Waals surface area contributed by atoms with Crippen LogP contribution in [0.2, 0.25) is 0 Å². The van der Waals surface area contributed by atoms with Crippen LogP contribution in [0.5, 0.6) is 0 Å². The fourth-order valence-corrected chi connectivity index (χ4v) is 2.34. The molecule has 0 saturated carbocycles. The van der Waals surface area contributed by atoms with Gasteiger partial charge in [0.05, 0.1) is 12.1 Å². The summed E-state index contributed by atoms with van der Waals surface area (Å²) in [5, 5.41) is 12.4. The van der Waals surface area contributed by atoms with E-state index < -0.39 is 5.97 Å². The zero-order valence-electron chi connectivity index (χ0n) is 10.8. The van der Waals surface area contributed by atoms with Crippen molar-refractivity contribution in [2.24, 2.45) is 0 Å². The number of nitrogens with zero attached hydrogens (tertiary/aromatic N) is 1. The van der Waals surface area contributed by atoms with E-state index in [-0.39, 0.29) is 0 Å². The number of hydrogen-bond acceptors (Lipinski definition) is 3. The van der Waals surface area contributed by atoms with Gasteiger partial charge in [0.15, 0.2) is 0 Å². The normalized spacial score (nSPS) is 16.8. The summed E-state index contributed by atoms with van der Waals surface area (Å²) < 4.78 is 0. The van der Waals surface area contributed by atoms with Crippen LogP contribution in [0.15, 0.2) is 24.3 Å². The van der Waals surface area contributed by atoms with Crippen LogP contribution in [-0.4, -0.2) is 41.7 Å². The molecule has 2 rings (SSSR count). The van der Waals surface area contributed by atoms with Gasteiger partial charge in [0.2, 0.25) is 0 Å². The molecule has 0 unspecified atom stereocenters. The van der Waals surface area contributed by atoms with Gasteiger partial charge in [-0.15, -0.1) is 6.42 Å². The van der Waals surface area contributed by atoms with Crippen LogP contribution in [0, 0.1) is 12.3 Å². The Kier molecular flexibility index (Phi) is 4.43. The first-order chi connectivity index (χ1) is 9.19. The van der Waals surface area contributed by atoms with Crippen molar-refractivity contribution in [3.8, 4) is 12.3 Å². The third-order valence-corrected chi connectivity index (χ3v) is 3.38. The van der Waals surface area contributed by atoms with Crippen LogP contribution in [-0.2, 0) is 0 Å². The molecule has 1 heterocycles. The Hall–Kier alpha value is -1.99. The number of piperidine rings is 1. The van der Waals surface area contributed by atoms with Crippen molar-refractivity contribution >= 4 is 11.7 Å². The molecule has 1 aromatic carbocycles. The van der Waals surface area contributed by atoms with E-state index in [9.17, 15) is 4.79 Å². The van der Waals surface area contributed by atoms with Gasteiger partial charge in [-0.25, -0.2) is 4.79 Å². The smallest absolute Gasteiger partial charge is 0.335 e. The molecule has 4 heteroatoms. The van der Waals surface area contributed by atoms with Gasteiger partial charge >= 0.3 is 5.97 Å². The molecular weight excluding hydrogens is 240 g/mol. The minimum Gasteiger partial charge on any atom is -0.478 e. The summed E-state index contributed by atoms with van der Waals surface area (Å²) in [6.45, 7) is 2.68. The van der Waals surface area contributed by atoms with Gasteiger partial charge < -0.3 is 10.4 Å². The van der Waals surface area contributed by atoms with Gasteiger partial charge in [-0.05, 0) is 31.0 Å². The van der Waals surface area contributed by atoms with E-state index in [1.807, 2.05) is 6.07 Å². The highest BCUT2D eigenvalue weighted by atomic mass is 16.4. The van der Waals surface area contributed by atoms with Crippen LogP contribution in [0.4, 0.5) is 5.69 Å². The molecule has 0 amide bonds. The van der Waals surface area contributed by atoms with E-state index in [1.54, 1.807) is 18.2 Å². The number of anilines is 1. The number of likely N-dealkylation sites (tertiary alicyclic amines) is 1. The number of terminal acetylenes is 1. The summed E-state index contributed by atoms with van der Waals surface area (Å²) in [6, 6.07) is 7.33. The molecule has 1 aromatic rings. The standard InChI is InChI=1S/C15H18N2O2/c1-2-8-17-9-6-13(7-10-17)16-14-5-3-4-12(11-14)15(18)19/h1,3-5,11,13,16H,6-10H2,(H,18,19). The van der Waals surface area contributed by atoms with Crippen LogP contribution in [0.1, 0.15) is 23.2 Å². The van der Waals surface area contributed by atoms with E-state index in [0.29, 0.717) is 18.2 Å². The molecule has 4 nitrogen and oxygen atoms in total. The first kappa shape index (κ1) is 13.4. The van der Waals surface area contributed by atoms with Gasteiger partial charge in [-0.1, -0.05) is 12.0 Å². The van der Waals surface area contributed by atoms with Crippen molar-refractivity contribution < 1.29 is 9.90 Å². The van der Waals surface area contributed by atoms with Crippen LogP contribution < -0.4 is 5.32 Å². The van der Waals surface area contributed by atoms with E-state index in [1.165, 1.54) is 0 Å². The maximum Gasteiger partial charge on any atom is 0.335 e. The maximum atomic E-state index is 10.9. The second-order valence-corrected chi connectivity index (χ2v) is 4.78. The Morgan fingerprint density at radius 1 is 1.47 bits per heavy atom. The third-order valence-electron chi connectivity index (χ3n) is 3.38. The summed E-state index contributed by atoms with van der Waals surface area (Å²) in [6.07, 6.45) is 7.35. The summed E-state index contributed by atoms with van der Waals surface area (Å²) >= 11 is 0. The highest BCUT2D eigenvalue weighted by Gasteiger charge is 2.18. The zero-order chi connectivity index (χ0) is 13.7. The minimum atomic E-state index is -0.896.